The molecule has 104 valence electrons. The number of benzene rings is 2. The molecule has 0 amide bonds. The quantitative estimate of drug-likeness (QED) is 0.564. The van der Waals surface area contributed by atoms with Gasteiger partial charge in [0.15, 0.2) is 0 Å². The van der Waals surface area contributed by atoms with Crippen LogP contribution in [0.3, 0.4) is 0 Å². The lowest BCUT2D eigenvalue weighted by molar-refractivity contribution is 0.799. The van der Waals surface area contributed by atoms with Crippen LogP contribution in [0.15, 0.2) is 72.3 Å². The SMILES string of the molecule is Cl[SiH2]C(C1=CC=CC1)C1c2ccccc2-c2ccccc21. The summed E-state index contributed by atoms with van der Waals surface area (Å²) in [5, 5.41) is 0. The van der Waals surface area contributed by atoms with E-state index in [2.05, 4.69) is 66.8 Å². The first-order valence-electron chi connectivity index (χ1n) is 7.50. The second-order valence-corrected chi connectivity index (χ2v) is 7.90. The number of rotatable bonds is 3. The summed E-state index contributed by atoms with van der Waals surface area (Å²) in [5.41, 5.74) is 7.76. The van der Waals surface area contributed by atoms with E-state index in [-0.39, 0.29) is 0 Å². The van der Waals surface area contributed by atoms with Gasteiger partial charge in [0.05, 0.1) is 0 Å². The van der Waals surface area contributed by atoms with Crippen LogP contribution in [-0.4, -0.2) is 8.83 Å². The Morgan fingerprint density at radius 1 is 0.952 bits per heavy atom. The minimum Gasteiger partial charge on any atom is -0.175 e. The van der Waals surface area contributed by atoms with Crippen molar-refractivity contribution in [1.82, 2.24) is 0 Å². The molecule has 1 unspecified atom stereocenters. The van der Waals surface area contributed by atoms with E-state index < -0.39 is 8.83 Å². The van der Waals surface area contributed by atoms with Crippen LogP contribution in [0.2, 0.25) is 5.54 Å². The highest BCUT2D eigenvalue weighted by Crippen LogP contribution is 2.52. The molecule has 0 spiro atoms. The fraction of sp³-hybridized carbons (Fsp3) is 0.158. The van der Waals surface area contributed by atoms with Crippen LogP contribution >= 0.6 is 11.1 Å². The summed E-state index contributed by atoms with van der Waals surface area (Å²) in [5.74, 6) is 0.452. The van der Waals surface area contributed by atoms with Crippen LogP contribution < -0.4 is 0 Å². The van der Waals surface area contributed by atoms with Crippen LogP contribution in [-0.2, 0) is 0 Å². The molecule has 2 aromatic carbocycles. The Kier molecular flexibility index (Phi) is 3.32. The third-order valence-corrected chi connectivity index (χ3v) is 7.05. The second kappa shape index (κ2) is 5.32. The maximum absolute atomic E-state index is 6.53. The molecule has 0 radical (unpaired) electrons. The van der Waals surface area contributed by atoms with Crippen molar-refractivity contribution in [3.8, 4) is 11.1 Å². The number of fused-ring (bicyclic) bond motifs is 3. The fourth-order valence-electron chi connectivity index (χ4n) is 3.77. The molecular formula is C19H17ClSi. The molecule has 0 fully saturated rings. The van der Waals surface area contributed by atoms with Gasteiger partial charge >= 0.3 is 0 Å². The Balaban J connectivity index is 1.88. The highest BCUT2D eigenvalue weighted by atomic mass is 35.6. The minimum atomic E-state index is -0.646. The van der Waals surface area contributed by atoms with Crippen LogP contribution in [0.4, 0.5) is 0 Å². The first-order valence-corrected chi connectivity index (χ1v) is 10.5. The van der Waals surface area contributed by atoms with Crippen molar-refractivity contribution in [2.75, 3.05) is 0 Å². The molecular weight excluding hydrogens is 292 g/mol. The Labute approximate surface area is 132 Å². The highest BCUT2D eigenvalue weighted by molar-refractivity contribution is 6.95. The first-order chi connectivity index (χ1) is 10.4. The van der Waals surface area contributed by atoms with Gasteiger partial charge < -0.3 is 0 Å². The summed E-state index contributed by atoms with van der Waals surface area (Å²) in [7, 11) is -0.646. The number of halogens is 1. The van der Waals surface area contributed by atoms with Crippen molar-refractivity contribution in [3.05, 3.63) is 83.5 Å². The second-order valence-electron chi connectivity index (χ2n) is 5.79. The van der Waals surface area contributed by atoms with E-state index in [4.69, 9.17) is 11.1 Å². The maximum atomic E-state index is 6.53. The average molecular weight is 309 g/mol. The predicted molar refractivity (Wildman–Crippen MR) is 93.7 cm³/mol. The Morgan fingerprint density at radius 3 is 2.10 bits per heavy atom. The number of allylic oxidation sites excluding steroid dienone is 4. The van der Waals surface area contributed by atoms with E-state index in [0.29, 0.717) is 11.5 Å². The van der Waals surface area contributed by atoms with Crippen LogP contribution in [0.25, 0.3) is 11.1 Å². The van der Waals surface area contributed by atoms with E-state index in [1.807, 2.05) is 0 Å². The molecule has 21 heavy (non-hydrogen) atoms. The zero-order chi connectivity index (χ0) is 14.2. The summed E-state index contributed by atoms with van der Waals surface area (Å²) in [4.78, 5) is 0. The van der Waals surface area contributed by atoms with E-state index >= 15 is 0 Å². The average Bonchev–Trinajstić information content (AvgIpc) is 3.16. The van der Waals surface area contributed by atoms with Crippen LogP contribution in [0.1, 0.15) is 23.5 Å². The molecule has 4 rings (SSSR count). The van der Waals surface area contributed by atoms with Crippen molar-refractivity contribution in [1.29, 1.82) is 0 Å². The molecule has 0 bridgehead atoms. The maximum Gasteiger partial charge on any atom is 0.133 e. The normalized spacial score (nSPS) is 18.0. The standard InChI is InChI=1S/C19H17ClSi/c20-21-19(13-7-1-2-8-13)18-16-11-5-3-9-14(16)15-10-4-6-12-17(15)18/h1-7,9-12,18-19H,8,21H2. The zero-order valence-corrected chi connectivity index (χ0v) is 14.0. The molecule has 0 saturated carbocycles. The lowest BCUT2D eigenvalue weighted by Gasteiger charge is -2.25. The molecule has 0 saturated heterocycles. The third kappa shape index (κ3) is 2.04. The van der Waals surface area contributed by atoms with Gasteiger partial charge in [0, 0.05) is 5.92 Å². The van der Waals surface area contributed by atoms with Gasteiger partial charge in [-0.25, -0.2) is 0 Å². The van der Waals surface area contributed by atoms with Gasteiger partial charge in [-0.3, -0.25) is 0 Å². The van der Waals surface area contributed by atoms with Crippen molar-refractivity contribution in [3.63, 3.8) is 0 Å². The largest absolute Gasteiger partial charge is 0.175 e. The van der Waals surface area contributed by atoms with Crippen molar-refractivity contribution < 1.29 is 0 Å². The number of hydrogen-bond donors (Lipinski definition) is 0. The molecule has 0 N–H and O–H groups in total. The molecule has 0 nitrogen and oxygen atoms in total. The first kappa shape index (κ1) is 13.1. The Bertz CT molecular complexity index is 699. The molecule has 0 aromatic heterocycles. The van der Waals surface area contributed by atoms with Gasteiger partial charge in [-0.1, -0.05) is 72.3 Å². The Hall–Kier alpha value is -1.57. The lowest BCUT2D eigenvalue weighted by Crippen LogP contribution is -2.12. The topological polar surface area (TPSA) is 0 Å². The van der Waals surface area contributed by atoms with Crippen molar-refractivity contribution >= 4 is 19.9 Å². The Morgan fingerprint density at radius 2 is 1.57 bits per heavy atom. The van der Waals surface area contributed by atoms with Crippen LogP contribution in [0, 0.1) is 0 Å². The fourth-order valence-corrected chi connectivity index (χ4v) is 6.09. The molecule has 2 aliphatic carbocycles. The molecule has 2 aromatic rings. The predicted octanol–water partition coefficient (Wildman–Crippen LogP) is 4.80. The summed E-state index contributed by atoms with van der Waals surface area (Å²) < 4.78 is 0. The smallest absolute Gasteiger partial charge is 0.133 e. The summed E-state index contributed by atoms with van der Waals surface area (Å²) in [6, 6.07) is 17.7. The van der Waals surface area contributed by atoms with Gasteiger partial charge in [-0.05, 0) is 34.2 Å². The van der Waals surface area contributed by atoms with Gasteiger partial charge in [-0.15, -0.1) is 0 Å². The highest BCUT2D eigenvalue weighted by Gasteiger charge is 2.35. The van der Waals surface area contributed by atoms with E-state index in [9.17, 15) is 0 Å². The van der Waals surface area contributed by atoms with Crippen LogP contribution in [0.5, 0.6) is 0 Å². The van der Waals surface area contributed by atoms with Gasteiger partial charge in [0.25, 0.3) is 0 Å². The van der Waals surface area contributed by atoms with Crippen molar-refractivity contribution in [2.45, 2.75) is 17.9 Å². The molecule has 1 atom stereocenters. The van der Waals surface area contributed by atoms with Gasteiger partial charge in [0.2, 0.25) is 0 Å². The molecule has 0 aliphatic heterocycles. The molecule has 2 aliphatic rings. The van der Waals surface area contributed by atoms with E-state index in [1.54, 1.807) is 0 Å². The summed E-state index contributed by atoms with van der Waals surface area (Å²) >= 11 is 6.53. The van der Waals surface area contributed by atoms with Gasteiger partial charge in [0.1, 0.15) is 8.83 Å². The number of hydrogen-bond acceptors (Lipinski definition) is 0. The molecule has 0 heterocycles. The van der Waals surface area contributed by atoms with Crippen molar-refractivity contribution in [2.24, 2.45) is 0 Å². The van der Waals surface area contributed by atoms with E-state index in [1.165, 1.54) is 27.8 Å². The monoisotopic (exact) mass is 308 g/mol. The summed E-state index contributed by atoms with van der Waals surface area (Å²) in [6.07, 6.45) is 7.78. The zero-order valence-electron chi connectivity index (χ0n) is 11.8. The van der Waals surface area contributed by atoms with Gasteiger partial charge in [-0.2, -0.15) is 11.1 Å². The minimum absolute atomic E-state index is 0.452. The van der Waals surface area contributed by atoms with E-state index in [0.717, 1.165) is 6.42 Å². The third-order valence-electron chi connectivity index (χ3n) is 4.73. The lowest BCUT2D eigenvalue weighted by atomic mass is 9.89. The molecule has 2 heteroatoms. The summed E-state index contributed by atoms with van der Waals surface area (Å²) in [6.45, 7) is 0.